The molecule has 0 bridgehead atoms. The molecule has 0 saturated heterocycles. The summed E-state index contributed by atoms with van der Waals surface area (Å²) < 4.78 is 39.5. The van der Waals surface area contributed by atoms with E-state index in [0.717, 1.165) is 33.3 Å². The summed E-state index contributed by atoms with van der Waals surface area (Å²) >= 11 is 5.83. The van der Waals surface area contributed by atoms with E-state index in [2.05, 4.69) is 5.32 Å². The Balaban J connectivity index is 2.34. The Labute approximate surface area is 176 Å². The van der Waals surface area contributed by atoms with E-state index < -0.39 is 27.8 Å². The van der Waals surface area contributed by atoms with E-state index in [4.69, 9.17) is 11.6 Å². The van der Waals surface area contributed by atoms with Crippen LogP contribution in [0, 0.1) is 19.7 Å². The van der Waals surface area contributed by atoms with Gasteiger partial charge < -0.3 is 5.32 Å². The first-order valence-corrected chi connectivity index (χ1v) is 11.5. The number of sulfonamides is 1. The Kier molecular flexibility index (Phi) is 7.30. The summed E-state index contributed by atoms with van der Waals surface area (Å²) in [6.07, 6.45) is 1.24. The average Bonchev–Trinajstić information content (AvgIpc) is 2.63. The molecule has 0 aromatic heterocycles. The predicted molar refractivity (Wildman–Crippen MR) is 115 cm³/mol. The van der Waals surface area contributed by atoms with Crippen molar-refractivity contribution < 1.29 is 17.6 Å². The molecule has 0 aliphatic rings. The maximum atomic E-state index is 13.5. The van der Waals surface area contributed by atoms with Crippen LogP contribution in [0.1, 0.15) is 43.0 Å². The second-order valence-electron chi connectivity index (χ2n) is 7.16. The quantitative estimate of drug-likeness (QED) is 0.688. The summed E-state index contributed by atoms with van der Waals surface area (Å²) in [4.78, 5) is 13.0. The number of halogens is 2. The van der Waals surface area contributed by atoms with Crippen molar-refractivity contribution in [3.05, 3.63) is 63.9 Å². The minimum Gasteiger partial charge on any atom is -0.348 e. The maximum absolute atomic E-state index is 13.5. The maximum Gasteiger partial charge on any atom is 0.244 e. The number of hydrogen-bond acceptors (Lipinski definition) is 3. The van der Waals surface area contributed by atoms with Gasteiger partial charge in [0.1, 0.15) is 11.9 Å². The number of hydrogen-bond donors (Lipinski definition) is 1. The number of carbonyl (C=O) groups is 1. The van der Waals surface area contributed by atoms with Gasteiger partial charge in [-0.25, -0.2) is 12.8 Å². The third-order valence-corrected chi connectivity index (χ3v) is 6.35. The van der Waals surface area contributed by atoms with Crippen molar-refractivity contribution in [2.45, 2.75) is 46.2 Å². The van der Waals surface area contributed by atoms with E-state index >= 15 is 0 Å². The number of carbonyl (C=O) groups excluding carboxylic acids is 1. The van der Waals surface area contributed by atoms with Crippen LogP contribution in [0.4, 0.5) is 10.1 Å². The Bertz CT molecular complexity index is 1010. The molecule has 1 amide bonds. The largest absolute Gasteiger partial charge is 0.348 e. The van der Waals surface area contributed by atoms with Gasteiger partial charge in [0.25, 0.3) is 0 Å². The molecule has 8 heteroatoms. The lowest BCUT2D eigenvalue weighted by atomic mass is 10.0. The molecular formula is C21H26ClFN2O3S. The molecule has 2 atom stereocenters. The topological polar surface area (TPSA) is 66.5 Å². The lowest BCUT2D eigenvalue weighted by molar-refractivity contribution is -0.122. The van der Waals surface area contributed by atoms with E-state index in [9.17, 15) is 17.6 Å². The highest BCUT2D eigenvalue weighted by molar-refractivity contribution is 7.92. The molecule has 0 heterocycles. The SMILES string of the molecule is CC[C@@H](C(=O)N[C@H](C)c1ccc(C)c(C)c1)N(c1ccc(F)c(Cl)c1)S(C)(=O)=O. The van der Waals surface area contributed by atoms with Crippen molar-refractivity contribution in [3.8, 4) is 0 Å². The monoisotopic (exact) mass is 440 g/mol. The van der Waals surface area contributed by atoms with Crippen LogP contribution in [0.25, 0.3) is 0 Å². The molecule has 1 N–H and O–H groups in total. The van der Waals surface area contributed by atoms with Gasteiger partial charge in [-0.3, -0.25) is 9.10 Å². The van der Waals surface area contributed by atoms with Crippen LogP contribution in [-0.2, 0) is 14.8 Å². The summed E-state index contributed by atoms with van der Waals surface area (Å²) in [6.45, 7) is 7.56. The highest BCUT2D eigenvalue weighted by atomic mass is 35.5. The van der Waals surface area contributed by atoms with Crippen LogP contribution in [0.3, 0.4) is 0 Å². The molecule has 0 radical (unpaired) electrons. The molecule has 0 aliphatic carbocycles. The van der Waals surface area contributed by atoms with Gasteiger partial charge >= 0.3 is 0 Å². The van der Waals surface area contributed by atoms with Crippen molar-refractivity contribution >= 4 is 33.2 Å². The first-order chi connectivity index (χ1) is 13.5. The second-order valence-corrected chi connectivity index (χ2v) is 9.42. The zero-order valence-electron chi connectivity index (χ0n) is 17.2. The first kappa shape index (κ1) is 23.2. The molecule has 158 valence electrons. The van der Waals surface area contributed by atoms with Gasteiger partial charge in [-0.1, -0.05) is 36.7 Å². The van der Waals surface area contributed by atoms with E-state index in [1.54, 1.807) is 6.92 Å². The molecule has 29 heavy (non-hydrogen) atoms. The first-order valence-electron chi connectivity index (χ1n) is 9.27. The Morgan fingerprint density at radius 3 is 2.34 bits per heavy atom. The highest BCUT2D eigenvalue weighted by Crippen LogP contribution is 2.28. The number of nitrogens with zero attached hydrogens (tertiary/aromatic N) is 1. The molecular weight excluding hydrogens is 415 g/mol. The lowest BCUT2D eigenvalue weighted by Gasteiger charge is -2.31. The number of aryl methyl sites for hydroxylation is 2. The number of amides is 1. The van der Waals surface area contributed by atoms with Gasteiger partial charge in [0.15, 0.2) is 0 Å². The molecule has 0 fully saturated rings. The summed E-state index contributed by atoms with van der Waals surface area (Å²) in [6, 6.07) is 8.18. The standard InChI is InChI=1S/C21H26ClFN2O3S/c1-6-20(21(26)24-15(4)16-8-7-13(2)14(3)11-16)25(29(5,27)28)17-9-10-19(23)18(22)12-17/h7-12,15,20H,6H2,1-5H3,(H,24,26)/t15-,20+/m1/s1. The van der Waals surface area contributed by atoms with Gasteiger partial charge in [-0.05, 0) is 62.1 Å². The van der Waals surface area contributed by atoms with E-state index in [0.29, 0.717) is 0 Å². The third-order valence-electron chi connectivity index (χ3n) is 4.88. The Morgan fingerprint density at radius 2 is 1.83 bits per heavy atom. The smallest absolute Gasteiger partial charge is 0.244 e. The minimum atomic E-state index is -3.83. The number of rotatable bonds is 7. The van der Waals surface area contributed by atoms with Crippen molar-refractivity contribution in [1.82, 2.24) is 5.32 Å². The number of benzene rings is 2. The van der Waals surface area contributed by atoms with E-state index in [-0.39, 0.29) is 23.2 Å². The normalized spacial score (nSPS) is 13.6. The molecule has 0 spiro atoms. The summed E-state index contributed by atoms with van der Waals surface area (Å²) in [5.41, 5.74) is 3.32. The molecule has 0 unspecified atom stereocenters. The molecule has 0 aliphatic heterocycles. The fourth-order valence-electron chi connectivity index (χ4n) is 3.11. The van der Waals surface area contributed by atoms with Gasteiger partial charge in [0, 0.05) is 0 Å². The van der Waals surface area contributed by atoms with Crippen molar-refractivity contribution in [1.29, 1.82) is 0 Å². The third kappa shape index (κ3) is 5.48. The van der Waals surface area contributed by atoms with Crippen molar-refractivity contribution in [3.63, 3.8) is 0 Å². The lowest BCUT2D eigenvalue weighted by Crippen LogP contribution is -2.49. The van der Waals surface area contributed by atoms with Crippen molar-refractivity contribution in [2.75, 3.05) is 10.6 Å². The van der Waals surface area contributed by atoms with E-state index in [1.165, 1.54) is 12.1 Å². The van der Waals surface area contributed by atoms with Crippen LogP contribution in [0.5, 0.6) is 0 Å². The zero-order chi connectivity index (χ0) is 21.9. The van der Waals surface area contributed by atoms with Gasteiger partial charge in [0.2, 0.25) is 15.9 Å². The van der Waals surface area contributed by atoms with Crippen LogP contribution in [0.2, 0.25) is 5.02 Å². The van der Waals surface area contributed by atoms with Crippen LogP contribution in [-0.4, -0.2) is 26.6 Å². The molecule has 5 nitrogen and oxygen atoms in total. The molecule has 0 saturated carbocycles. The van der Waals surface area contributed by atoms with Crippen LogP contribution in [0.15, 0.2) is 36.4 Å². The van der Waals surface area contributed by atoms with Gasteiger partial charge in [-0.2, -0.15) is 0 Å². The van der Waals surface area contributed by atoms with Crippen LogP contribution >= 0.6 is 11.6 Å². The fraction of sp³-hybridized carbons (Fsp3) is 0.381. The fourth-order valence-corrected chi connectivity index (χ4v) is 4.49. The van der Waals surface area contributed by atoms with E-state index in [1.807, 2.05) is 39.0 Å². The summed E-state index contributed by atoms with van der Waals surface area (Å²) in [5.74, 6) is -1.10. The zero-order valence-corrected chi connectivity index (χ0v) is 18.7. The second kappa shape index (κ2) is 9.13. The predicted octanol–water partition coefficient (Wildman–Crippen LogP) is 4.52. The Morgan fingerprint density at radius 1 is 1.17 bits per heavy atom. The minimum absolute atomic E-state index is 0.139. The molecule has 2 rings (SSSR count). The highest BCUT2D eigenvalue weighted by Gasteiger charge is 2.32. The molecule has 2 aromatic carbocycles. The Hall–Kier alpha value is -2.12. The average molecular weight is 441 g/mol. The van der Waals surface area contributed by atoms with Gasteiger partial charge in [-0.15, -0.1) is 0 Å². The van der Waals surface area contributed by atoms with Crippen LogP contribution < -0.4 is 9.62 Å². The van der Waals surface area contributed by atoms with Crippen molar-refractivity contribution in [2.24, 2.45) is 0 Å². The number of anilines is 1. The summed E-state index contributed by atoms with van der Waals surface area (Å²) in [5, 5.41) is 2.68. The summed E-state index contributed by atoms with van der Waals surface area (Å²) in [7, 11) is -3.83. The molecule has 2 aromatic rings. The number of nitrogens with one attached hydrogen (secondary N) is 1. The van der Waals surface area contributed by atoms with Gasteiger partial charge in [0.05, 0.1) is 23.0 Å².